The maximum absolute atomic E-state index is 12.2. The van der Waals surface area contributed by atoms with Crippen LogP contribution in [0.2, 0.25) is 0 Å². The van der Waals surface area contributed by atoms with Crippen LogP contribution in [0.25, 0.3) is 0 Å². The third-order valence-corrected chi connectivity index (χ3v) is 8.60. The summed E-state index contributed by atoms with van der Waals surface area (Å²) in [6.07, 6.45) is 11.2. The molecule has 0 heterocycles. The first-order valence-corrected chi connectivity index (χ1v) is 10.5. The number of rotatable bonds is 3. The molecule has 0 aromatic rings. The van der Waals surface area contributed by atoms with Crippen molar-refractivity contribution in [1.82, 2.24) is 0 Å². The lowest BCUT2D eigenvalue weighted by atomic mass is 9.48. The van der Waals surface area contributed by atoms with Crippen LogP contribution in [0.3, 0.4) is 0 Å². The molecule has 0 radical (unpaired) electrons. The van der Waals surface area contributed by atoms with E-state index < -0.39 is 0 Å². The summed E-state index contributed by atoms with van der Waals surface area (Å²) in [7, 11) is 0. The molecule has 3 saturated carbocycles. The summed E-state index contributed by atoms with van der Waals surface area (Å²) in [4.78, 5) is 12.2. The summed E-state index contributed by atoms with van der Waals surface area (Å²) in [5, 5.41) is 0. The first-order valence-electron chi connectivity index (χ1n) is 10.5. The SMILES string of the molecule is CCO[C@H]1CC[C@@]2(C)C(=C=C[C@H]3[C@@H]4CC[C@H](C(C)=O)[C@@]4(C)CC[C@@H]32)C1. The quantitative estimate of drug-likeness (QED) is 0.648. The van der Waals surface area contributed by atoms with Gasteiger partial charge in [-0.1, -0.05) is 13.8 Å². The van der Waals surface area contributed by atoms with Crippen molar-refractivity contribution in [2.45, 2.75) is 78.7 Å². The number of hydrogen-bond acceptors (Lipinski definition) is 2. The fourth-order valence-electron chi connectivity index (χ4n) is 7.22. The second-order valence-corrected chi connectivity index (χ2v) is 9.60. The summed E-state index contributed by atoms with van der Waals surface area (Å²) in [5.41, 5.74) is 5.80. The van der Waals surface area contributed by atoms with E-state index in [0.717, 1.165) is 25.4 Å². The van der Waals surface area contributed by atoms with E-state index in [1.807, 2.05) is 6.92 Å². The molecular formula is C23H34O2. The summed E-state index contributed by atoms with van der Waals surface area (Å²) in [5.74, 6) is 2.76. The maximum Gasteiger partial charge on any atom is 0.133 e. The Bertz CT molecular complexity index is 628. The first kappa shape index (κ1) is 17.6. The molecular weight excluding hydrogens is 308 g/mol. The molecule has 3 fully saturated rings. The average Bonchev–Trinajstić information content (AvgIpc) is 2.93. The lowest BCUT2D eigenvalue weighted by molar-refractivity contribution is -0.126. The molecule has 0 unspecified atom stereocenters. The Kier molecular flexibility index (Phi) is 4.28. The van der Waals surface area contributed by atoms with Crippen LogP contribution in [-0.2, 0) is 9.53 Å². The van der Waals surface area contributed by atoms with Gasteiger partial charge in [0.15, 0.2) is 0 Å². The summed E-state index contributed by atoms with van der Waals surface area (Å²) >= 11 is 0. The predicted octanol–water partition coefficient (Wildman–Crippen LogP) is 5.32. The van der Waals surface area contributed by atoms with Gasteiger partial charge in [-0.2, -0.15) is 0 Å². The van der Waals surface area contributed by atoms with Crippen molar-refractivity contribution in [3.05, 3.63) is 17.4 Å². The lowest BCUT2D eigenvalue weighted by Gasteiger charge is -2.56. The van der Waals surface area contributed by atoms with Gasteiger partial charge in [-0.25, -0.2) is 0 Å². The molecule has 0 aromatic heterocycles. The fraction of sp³-hybridized carbons (Fsp3) is 0.826. The van der Waals surface area contributed by atoms with Gasteiger partial charge < -0.3 is 4.74 Å². The van der Waals surface area contributed by atoms with E-state index in [-0.39, 0.29) is 5.41 Å². The molecule has 0 saturated heterocycles. The summed E-state index contributed by atoms with van der Waals surface area (Å²) in [6, 6.07) is 0. The van der Waals surface area contributed by atoms with Crippen molar-refractivity contribution in [2.75, 3.05) is 6.61 Å². The van der Waals surface area contributed by atoms with Gasteiger partial charge in [0.25, 0.3) is 0 Å². The van der Waals surface area contributed by atoms with Crippen molar-refractivity contribution in [3.63, 3.8) is 0 Å². The van der Waals surface area contributed by atoms with Crippen molar-refractivity contribution in [1.29, 1.82) is 0 Å². The van der Waals surface area contributed by atoms with Gasteiger partial charge in [0.05, 0.1) is 6.10 Å². The summed E-state index contributed by atoms with van der Waals surface area (Å²) in [6.45, 7) is 9.64. The molecule has 0 aliphatic heterocycles. The first-order chi connectivity index (χ1) is 11.9. The number of ketones is 1. The summed E-state index contributed by atoms with van der Waals surface area (Å²) < 4.78 is 5.93. The van der Waals surface area contributed by atoms with E-state index in [9.17, 15) is 4.79 Å². The van der Waals surface area contributed by atoms with E-state index >= 15 is 0 Å². The Morgan fingerprint density at radius 2 is 2.00 bits per heavy atom. The highest BCUT2D eigenvalue weighted by Gasteiger charge is 2.58. The van der Waals surface area contributed by atoms with Crippen molar-refractivity contribution in [2.24, 2.45) is 34.5 Å². The van der Waals surface area contributed by atoms with Crippen LogP contribution in [0.5, 0.6) is 0 Å². The minimum atomic E-state index is 0.224. The molecule has 4 aliphatic rings. The van der Waals surface area contributed by atoms with Crippen LogP contribution in [0.1, 0.15) is 72.6 Å². The Morgan fingerprint density at radius 3 is 2.72 bits per heavy atom. The molecule has 0 amide bonds. The molecule has 0 spiro atoms. The lowest BCUT2D eigenvalue weighted by Crippen LogP contribution is -2.49. The van der Waals surface area contributed by atoms with Crippen LogP contribution < -0.4 is 0 Å². The molecule has 0 aromatic carbocycles. The monoisotopic (exact) mass is 342 g/mol. The van der Waals surface area contributed by atoms with Crippen LogP contribution in [0.4, 0.5) is 0 Å². The smallest absolute Gasteiger partial charge is 0.133 e. The van der Waals surface area contributed by atoms with Gasteiger partial charge in [-0.15, -0.1) is 5.73 Å². The van der Waals surface area contributed by atoms with Crippen LogP contribution >= 0.6 is 0 Å². The van der Waals surface area contributed by atoms with Gasteiger partial charge in [-0.3, -0.25) is 4.79 Å². The van der Waals surface area contributed by atoms with Crippen LogP contribution in [-0.4, -0.2) is 18.5 Å². The Hall–Kier alpha value is -0.850. The van der Waals surface area contributed by atoms with Gasteiger partial charge in [0.2, 0.25) is 0 Å². The van der Waals surface area contributed by atoms with Gasteiger partial charge in [-0.05, 0) is 92.6 Å². The second-order valence-electron chi connectivity index (χ2n) is 9.60. The van der Waals surface area contributed by atoms with E-state index in [2.05, 4.69) is 32.6 Å². The zero-order chi connectivity index (χ0) is 17.8. The number of carbonyl (C=O) groups is 1. The van der Waals surface area contributed by atoms with Gasteiger partial charge in [0.1, 0.15) is 5.78 Å². The van der Waals surface area contributed by atoms with Crippen molar-refractivity contribution < 1.29 is 9.53 Å². The number of carbonyl (C=O) groups excluding carboxylic acids is 1. The predicted molar refractivity (Wildman–Crippen MR) is 100 cm³/mol. The molecule has 0 N–H and O–H groups in total. The third kappa shape index (κ3) is 2.52. The number of hydrogen-bond donors (Lipinski definition) is 0. The Balaban J connectivity index is 1.65. The highest BCUT2D eigenvalue weighted by molar-refractivity contribution is 5.79. The number of ether oxygens (including phenoxy) is 1. The van der Waals surface area contributed by atoms with Gasteiger partial charge >= 0.3 is 0 Å². The fourth-order valence-corrected chi connectivity index (χ4v) is 7.22. The van der Waals surface area contributed by atoms with Crippen LogP contribution in [0, 0.1) is 34.5 Å². The third-order valence-electron chi connectivity index (χ3n) is 8.60. The molecule has 4 aliphatic carbocycles. The molecule has 4 rings (SSSR count). The molecule has 0 bridgehead atoms. The van der Waals surface area contributed by atoms with E-state index in [1.54, 1.807) is 0 Å². The molecule has 7 atom stereocenters. The molecule has 138 valence electrons. The highest BCUT2D eigenvalue weighted by Crippen LogP contribution is 2.65. The maximum atomic E-state index is 12.2. The van der Waals surface area contributed by atoms with Crippen LogP contribution in [0.15, 0.2) is 17.4 Å². The second kappa shape index (κ2) is 6.10. The Labute approximate surface area is 153 Å². The number of Topliss-reactive ketones (excluding diaryl/α,β-unsaturated/α-hetero) is 1. The van der Waals surface area contributed by atoms with E-state index in [1.165, 1.54) is 37.7 Å². The minimum Gasteiger partial charge on any atom is -0.378 e. The number of fused-ring (bicyclic) bond motifs is 5. The van der Waals surface area contributed by atoms with Crippen molar-refractivity contribution in [3.8, 4) is 0 Å². The highest BCUT2D eigenvalue weighted by atomic mass is 16.5. The zero-order valence-electron chi connectivity index (χ0n) is 16.4. The van der Waals surface area contributed by atoms with Gasteiger partial charge in [0, 0.05) is 18.9 Å². The normalized spacial score (nSPS) is 48.3. The molecule has 2 heteroatoms. The zero-order valence-corrected chi connectivity index (χ0v) is 16.4. The minimum absolute atomic E-state index is 0.224. The van der Waals surface area contributed by atoms with E-state index in [4.69, 9.17) is 4.74 Å². The van der Waals surface area contributed by atoms with E-state index in [0.29, 0.717) is 35.1 Å². The Morgan fingerprint density at radius 1 is 1.20 bits per heavy atom. The topological polar surface area (TPSA) is 26.3 Å². The molecule has 2 nitrogen and oxygen atoms in total. The molecule has 25 heavy (non-hydrogen) atoms. The van der Waals surface area contributed by atoms with Crippen molar-refractivity contribution >= 4 is 5.78 Å². The average molecular weight is 343 g/mol. The standard InChI is InChI=1S/C23H34O2/c1-5-25-17-10-12-22(3)16(14-17)6-7-18-20-9-8-19(15(2)24)23(20,4)13-11-21(18)22/h7,17-21H,5,8-14H2,1-4H3/t17-,18-,19+,20-,21-,22-,23+/m0/s1. The largest absolute Gasteiger partial charge is 0.378 e.